The van der Waals surface area contributed by atoms with Gasteiger partial charge in [0.05, 0.1) is 10.9 Å². The highest BCUT2D eigenvalue weighted by Gasteiger charge is 2.33. The number of Topliss-reactive ketones (excluding diaryl/α,β-unsaturated/α-hetero) is 1. The molecule has 0 radical (unpaired) electrons. The molecule has 1 aliphatic rings. The first-order valence-electron chi connectivity index (χ1n) is 6.34. The van der Waals surface area contributed by atoms with E-state index in [0.717, 1.165) is 21.3 Å². The molecule has 0 fully saturated rings. The predicted octanol–water partition coefficient (Wildman–Crippen LogP) is 4.24. The van der Waals surface area contributed by atoms with Crippen molar-refractivity contribution >= 4 is 44.6 Å². The van der Waals surface area contributed by atoms with Crippen molar-refractivity contribution in [2.24, 2.45) is 5.92 Å². The Balaban J connectivity index is 1.77. The van der Waals surface area contributed by atoms with Crippen LogP contribution in [0.2, 0.25) is 0 Å². The monoisotopic (exact) mass is 345 g/mol. The van der Waals surface area contributed by atoms with Crippen LogP contribution in [-0.2, 0) is 6.42 Å². The van der Waals surface area contributed by atoms with Crippen LogP contribution >= 0.6 is 28.1 Å². The molecule has 4 heteroatoms. The van der Waals surface area contributed by atoms with E-state index in [1.54, 1.807) is 0 Å². The third kappa shape index (κ3) is 2.53. The van der Waals surface area contributed by atoms with Crippen LogP contribution in [0.5, 0.6) is 0 Å². The Kier molecular flexibility index (Phi) is 3.68. The molecule has 0 heterocycles. The fourth-order valence-electron chi connectivity index (χ4n) is 2.41. The van der Waals surface area contributed by atoms with Gasteiger partial charge in [0.25, 0.3) is 0 Å². The van der Waals surface area contributed by atoms with Crippen molar-refractivity contribution in [3.8, 4) is 0 Å². The Labute approximate surface area is 131 Å². The number of ketones is 1. The Bertz CT molecular complexity index is 681. The number of benzene rings is 2. The first kappa shape index (κ1) is 13.5. The normalized spacial score (nSPS) is 16.9. The number of rotatable bonds is 2. The van der Waals surface area contributed by atoms with Crippen molar-refractivity contribution in [1.82, 2.24) is 0 Å². The average molecular weight is 346 g/mol. The van der Waals surface area contributed by atoms with Crippen LogP contribution in [0.3, 0.4) is 0 Å². The summed E-state index contributed by atoms with van der Waals surface area (Å²) in [5.74, 6) is -0.124. The molecule has 1 N–H and O–H groups in total. The summed E-state index contributed by atoms with van der Waals surface area (Å²) in [5.41, 5.74) is 2.79. The number of thiocarbonyl (C=S) groups is 1. The number of carbonyl (C=O) groups excluding carboxylic acids is 1. The maximum absolute atomic E-state index is 12.3. The molecule has 0 aromatic heterocycles. The van der Waals surface area contributed by atoms with Gasteiger partial charge in [-0.25, -0.2) is 0 Å². The zero-order chi connectivity index (χ0) is 14.1. The molecule has 1 atom stereocenters. The highest BCUT2D eigenvalue weighted by Crippen LogP contribution is 2.28. The number of carbonyl (C=O) groups is 1. The zero-order valence-electron chi connectivity index (χ0n) is 10.6. The molecule has 0 aliphatic heterocycles. The van der Waals surface area contributed by atoms with Crippen LogP contribution in [0.25, 0.3) is 0 Å². The molecule has 1 unspecified atom stereocenters. The maximum atomic E-state index is 12.3. The predicted molar refractivity (Wildman–Crippen MR) is 88.3 cm³/mol. The number of nitrogens with one attached hydrogen (secondary N) is 1. The Morgan fingerprint density at radius 3 is 2.55 bits per heavy atom. The van der Waals surface area contributed by atoms with Gasteiger partial charge in [-0.1, -0.05) is 52.4 Å². The number of hydrogen-bond acceptors (Lipinski definition) is 2. The molecule has 0 saturated heterocycles. The van der Waals surface area contributed by atoms with E-state index in [0.29, 0.717) is 11.4 Å². The van der Waals surface area contributed by atoms with Crippen LogP contribution in [0, 0.1) is 5.92 Å². The molecule has 3 rings (SSSR count). The summed E-state index contributed by atoms with van der Waals surface area (Å²) in [5, 5.41) is 3.17. The Hall–Kier alpha value is -1.52. The van der Waals surface area contributed by atoms with Crippen LogP contribution < -0.4 is 5.32 Å². The first-order chi connectivity index (χ1) is 9.65. The van der Waals surface area contributed by atoms with Gasteiger partial charge in [-0.05, 0) is 36.2 Å². The lowest BCUT2D eigenvalue weighted by Crippen LogP contribution is -2.25. The van der Waals surface area contributed by atoms with E-state index < -0.39 is 0 Å². The minimum Gasteiger partial charge on any atom is -0.349 e. The molecule has 20 heavy (non-hydrogen) atoms. The molecule has 2 nitrogen and oxygen atoms in total. The highest BCUT2D eigenvalue weighted by atomic mass is 79.9. The van der Waals surface area contributed by atoms with Crippen molar-refractivity contribution < 1.29 is 4.79 Å². The van der Waals surface area contributed by atoms with Crippen molar-refractivity contribution in [2.75, 3.05) is 5.32 Å². The first-order valence-corrected chi connectivity index (χ1v) is 7.54. The Morgan fingerprint density at radius 2 is 1.85 bits per heavy atom. The van der Waals surface area contributed by atoms with Gasteiger partial charge < -0.3 is 5.32 Å². The molecule has 0 bridgehead atoms. The second-order valence-electron chi connectivity index (χ2n) is 4.77. The van der Waals surface area contributed by atoms with Gasteiger partial charge in [0, 0.05) is 15.7 Å². The number of anilines is 1. The summed E-state index contributed by atoms with van der Waals surface area (Å²) < 4.78 is 1.01. The summed E-state index contributed by atoms with van der Waals surface area (Å²) in [6, 6.07) is 15.5. The lowest BCUT2D eigenvalue weighted by Gasteiger charge is -2.12. The minimum absolute atomic E-state index is 0.121. The summed E-state index contributed by atoms with van der Waals surface area (Å²) in [7, 11) is 0. The molecule has 2 aromatic carbocycles. The lowest BCUT2D eigenvalue weighted by atomic mass is 10.1. The minimum atomic E-state index is -0.244. The molecule has 100 valence electrons. The van der Waals surface area contributed by atoms with Crippen LogP contribution in [-0.4, -0.2) is 10.8 Å². The SMILES string of the molecule is O=C1c2ccccc2CC1C(=S)Nc1ccc(Br)cc1. The van der Waals surface area contributed by atoms with E-state index in [4.69, 9.17) is 12.2 Å². The topological polar surface area (TPSA) is 29.1 Å². The average Bonchev–Trinajstić information content (AvgIpc) is 2.79. The standard InChI is InChI=1S/C16H12BrNOS/c17-11-5-7-12(8-6-11)18-16(20)14-9-10-3-1-2-4-13(10)15(14)19/h1-8,14H,9H2,(H,18,20). The van der Waals surface area contributed by atoms with E-state index in [1.165, 1.54) is 0 Å². The third-order valence-corrected chi connectivity index (χ3v) is 4.37. The summed E-state index contributed by atoms with van der Waals surface area (Å²) in [6.07, 6.45) is 0.692. The van der Waals surface area contributed by atoms with Crippen LogP contribution in [0.4, 0.5) is 5.69 Å². The van der Waals surface area contributed by atoms with Crippen LogP contribution in [0.1, 0.15) is 15.9 Å². The van der Waals surface area contributed by atoms with E-state index in [9.17, 15) is 4.79 Å². The second kappa shape index (κ2) is 5.46. The van der Waals surface area contributed by atoms with Crippen molar-refractivity contribution in [3.63, 3.8) is 0 Å². The van der Waals surface area contributed by atoms with Gasteiger partial charge in [-0.15, -0.1) is 0 Å². The Morgan fingerprint density at radius 1 is 1.15 bits per heavy atom. The second-order valence-corrected chi connectivity index (χ2v) is 6.13. The van der Waals surface area contributed by atoms with Gasteiger partial charge in [0.1, 0.15) is 0 Å². The zero-order valence-corrected chi connectivity index (χ0v) is 13.0. The summed E-state index contributed by atoms with van der Waals surface area (Å²) >= 11 is 8.80. The summed E-state index contributed by atoms with van der Waals surface area (Å²) in [6.45, 7) is 0. The van der Waals surface area contributed by atoms with E-state index >= 15 is 0 Å². The van der Waals surface area contributed by atoms with Gasteiger partial charge in [0.2, 0.25) is 0 Å². The van der Waals surface area contributed by atoms with Crippen LogP contribution in [0.15, 0.2) is 53.0 Å². The molecule has 2 aromatic rings. The lowest BCUT2D eigenvalue weighted by molar-refractivity contribution is 0.0969. The highest BCUT2D eigenvalue weighted by molar-refractivity contribution is 9.10. The van der Waals surface area contributed by atoms with E-state index in [2.05, 4.69) is 21.2 Å². The van der Waals surface area contributed by atoms with Gasteiger partial charge in [-0.2, -0.15) is 0 Å². The van der Waals surface area contributed by atoms with Crippen molar-refractivity contribution in [3.05, 3.63) is 64.1 Å². The molecular weight excluding hydrogens is 334 g/mol. The van der Waals surface area contributed by atoms with Gasteiger partial charge in [0.15, 0.2) is 5.78 Å². The maximum Gasteiger partial charge on any atom is 0.173 e. The molecule has 0 amide bonds. The fourth-order valence-corrected chi connectivity index (χ4v) is 2.99. The third-order valence-electron chi connectivity index (χ3n) is 3.45. The number of fused-ring (bicyclic) bond motifs is 1. The molecule has 1 aliphatic carbocycles. The van der Waals surface area contributed by atoms with Gasteiger partial charge in [-0.3, -0.25) is 4.79 Å². The number of hydrogen-bond donors (Lipinski definition) is 1. The van der Waals surface area contributed by atoms with Crippen molar-refractivity contribution in [2.45, 2.75) is 6.42 Å². The summed E-state index contributed by atoms with van der Waals surface area (Å²) in [4.78, 5) is 12.9. The fraction of sp³-hybridized carbons (Fsp3) is 0.125. The number of halogens is 1. The van der Waals surface area contributed by atoms with Gasteiger partial charge >= 0.3 is 0 Å². The smallest absolute Gasteiger partial charge is 0.173 e. The van der Waals surface area contributed by atoms with E-state index in [1.807, 2.05) is 48.5 Å². The van der Waals surface area contributed by atoms with E-state index in [-0.39, 0.29) is 11.7 Å². The largest absolute Gasteiger partial charge is 0.349 e. The molecule has 0 spiro atoms. The molecule has 0 saturated carbocycles. The molecular formula is C16H12BrNOS. The van der Waals surface area contributed by atoms with Crippen molar-refractivity contribution in [1.29, 1.82) is 0 Å². The quantitative estimate of drug-likeness (QED) is 0.825.